The predicted octanol–water partition coefficient (Wildman–Crippen LogP) is 3.60. The average molecular weight is 514 g/mol. The Morgan fingerprint density at radius 3 is 2.78 bits per heavy atom. The number of nitrogens with zero attached hydrogens (tertiary/aromatic N) is 4. The van der Waals surface area contributed by atoms with E-state index >= 15 is 4.39 Å². The molecule has 0 unspecified atom stereocenters. The summed E-state index contributed by atoms with van der Waals surface area (Å²) < 4.78 is 38.2. The number of halogens is 3. The van der Waals surface area contributed by atoms with Crippen LogP contribution in [0.5, 0.6) is 0 Å². The fourth-order valence-electron chi connectivity index (χ4n) is 5.45. The number of hydrogen-bond donors (Lipinski definition) is 2. The van der Waals surface area contributed by atoms with E-state index in [0.717, 1.165) is 12.8 Å². The summed E-state index contributed by atoms with van der Waals surface area (Å²) >= 11 is 6.58. The maximum Gasteiger partial charge on any atom is 0.251 e. The van der Waals surface area contributed by atoms with Crippen molar-refractivity contribution in [1.29, 1.82) is 0 Å². The van der Waals surface area contributed by atoms with Gasteiger partial charge in [-0.05, 0) is 31.0 Å². The van der Waals surface area contributed by atoms with Crippen LogP contribution in [0.1, 0.15) is 23.2 Å². The van der Waals surface area contributed by atoms with Crippen LogP contribution < -0.4 is 5.32 Å². The topological polar surface area (TPSA) is 93.7 Å². The number of nitrogens with one attached hydrogen (secondary N) is 1. The number of aryl methyl sites for hydroxylation is 1. The number of aromatic nitrogens is 4. The summed E-state index contributed by atoms with van der Waals surface area (Å²) in [6, 6.07) is 7.46. The van der Waals surface area contributed by atoms with Crippen LogP contribution in [0.25, 0.3) is 28.0 Å². The van der Waals surface area contributed by atoms with Gasteiger partial charge in [0.1, 0.15) is 22.3 Å². The zero-order chi connectivity index (χ0) is 25.2. The zero-order valence-corrected chi connectivity index (χ0v) is 20.0. The molecule has 2 N–H and O–H groups in total. The molecule has 4 aromatic rings. The number of ether oxygens (including phenoxy) is 1. The van der Waals surface area contributed by atoms with Gasteiger partial charge in [0.2, 0.25) is 5.95 Å². The Kier molecular flexibility index (Phi) is 5.19. The van der Waals surface area contributed by atoms with Crippen molar-refractivity contribution in [2.45, 2.75) is 18.4 Å². The Morgan fingerprint density at radius 1 is 1.28 bits per heavy atom. The van der Waals surface area contributed by atoms with Crippen molar-refractivity contribution >= 4 is 23.2 Å². The van der Waals surface area contributed by atoms with Gasteiger partial charge in [0.15, 0.2) is 0 Å². The van der Waals surface area contributed by atoms with Crippen molar-refractivity contribution in [1.82, 2.24) is 24.5 Å². The number of benzene rings is 1. The highest BCUT2D eigenvalue weighted by Gasteiger charge is 2.61. The van der Waals surface area contributed by atoms with Crippen LogP contribution in [-0.2, 0) is 11.8 Å². The fourth-order valence-corrected chi connectivity index (χ4v) is 5.73. The minimum atomic E-state index is -0.739. The minimum Gasteiger partial charge on any atom is -0.396 e. The summed E-state index contributed by atoms with van der Waals surface area (Å²) in [7, 11) is 1.57. The molecule has 2 bridgehead atoms. The summed E-state index contributed by atoms with van der Waals surface area (Å²) in [6.45, 7) is 0.926. The molecule has 7 rings (SSSR count). The number of aliphatic hydroxyl groups is 1. The van der Waals surface area contributed by atoms with E-state index in [1.807, 2.05) is 0 Å². The summed E-state index contributed by atoms with van der Waals surface area (Å²) in [5, 5.41) is 16.3. The highest BCUT2D eigenvalue weighted by Crippen LogP contribution is 2.57. The molecule has 1 aliphatic carbocycles. The third kappa shape index (κ3) is 3.51. The Balaban J connectivity index is 1.31. The molecule has 8 nitrogen and oxygen atoms in total. The van der Waals surface area contributed by atoms with Crippen LogP contribution in [0.15, 0.2) is 42.7 Å². The van der Waals surface area contributed by atoms with Gasteiger partial charge in [-0.15, -0.1) is 5.10 Å². The molecule has 0 radical (unpaired) electrons. The van der Waals surface area contributed by atoms with E-state index in [1.54, 1.807) is 31.4 Å². The number of pyridine rings is 1. The molecule has 0 atom stereocenters. The van der Waals surface area contributed by atoms with Crippen LogP contribution in [0.4, 0.5) is 8.78 Å². The molecular formula is C25H22ClF2N5O3. The SMILES string of the molecule is Cn1cc(-c2cccc(F)c2-c2nc3cc(C(=O)NCC45CC(CO)(CO4)C5)ccn3c2Cl)c(F)n1. The normalized spacial score (nSPS) is 22.7. The number of imidazole rings is 1. The van der Waals surface area contributed by atoms with E-state index in [1.165, 1.54) is 27.4 Å². The molecule has 2 saturated heterocycles. The minimum absolute atomic E-state index is 0.0407. The third-order valence-electron chi connectivity index (χ3n) is 7.14. The van der Waals surface area contributed by atoms with Crippen LogP contribution in [0.2, 0.25) is 5.15 Å². The molecule has 1 aromatic carbocycles. The second-order valence-corrected chi connectivity index (χ2v) is 10.1. The average Bonchev–Trinajstić information content (AvgIpc) is 3.58. The number of hydrogen-bond acceptors (Lipinski definition) is 5. The second-order valence-electron chi connectivity index (χ2n) is 9.73. The first-order valence-electron chi connectivity index (χ1n) is 11.4. The Morgan fingerprint density at radius 2 is 2.08 bits per heavy atom. The predicted molar refractivity (Wildman–Crippen MR) is 128 cm³/mol. The van der Waals surface area contributed by atoms with E-state index in [4.69, 9.17) is 16.3 Å². The number of carbonyl (C=O) groups is 1. The van der Waals surface area contributed by atoms with Crippen molar-refractivity contribution in [3.8, 4) is 22.4 Å². The van der Waals surface area contributed by atoms with Gasteiger partial charge in [-0.3, -0.25) is 13.9 Å². The molecule has 3 aliphatic rings. The van der Waals surface area contributed by atoms with Crippen LogP contribution >= 0.6 is 11.6 Å². The maximum atomic E-state index is 15.1. The molecule has 3 aromatic heterocycles. The molecule has 11 heteroatoms. The highest BCUT2D eigenvalue weighted by atomic mass is 35.5. The lowest BCUT2D eigenvalue weighted by Crippen LogP contribution is -2.52. The van der Waals surface area contributed by atoms with Gasteiger partial charge in [-0.1, -0.05) is 23.7 Å². The third-order valence-corrected chi connectivity index (χ3v) is 7.50. The standard InChI is InChI=1S/C25H22ClF2N5O3/c1-32-8-16(22(28)31-32)15-3-2-4-17(27)19(15)20-21(26)33-6-5-14(7-18(33)30-20)23(35)29-11-25-9-24(10-25,12-34)13-36-25/h2-8,34H,9-13H2,1H3,(H,29,35). The maximum absolute atomic E-state index is 15.1. The van der Waals surface area contributed by atoms with Crippen molar-refractivity contribution < 1.29 is 23.4 Å². The first kappa shape index (κ1) is 23.1. The lowest BCUT2D eigenvalue weighted by molar-refractivity contribution is -0.0256. The van der Waals surface area contributed by atoms with Crippen LogP contribution in [0.3, 0.4) is 0 Å². The molecule has 1 amide bonds. The fraction of sp³-hybridized carbons (Fsp3) is 0.320. The molecule has 36 heavy (non-hydrogen) atoms. The van der Waals surface area contributed by atoms with E-state index in [2.05, 4.69) is 15.4 Å². The number of rotatable bonds is 6. The van der Waals surface area contributed by atoms with Crippen molar-refractivity contribution in [3.63, 3.8) is 0 Å². The van der Waals surface area contributed by atoms with Crippen molar-refractivity contribution in [2.75, 3.05) is 19.8 Å². The van der Waals surface area contributed by atoms with Gasteiger partial charge in [-0.2, -0.15) is 4.39 Å². The molecule has 1 saturated carbocycles. The first-order valence-corrected chi connectivity index (χ1v) is 11.8. The Labute approximate surface area is 209 Å². The monoisotopic (exact) mass is 513 g/mol. The van der Waals surface area contributed by atoms with Gasteiger partial charge in [-0.25, -0.2) is 9.37 Å². The molecular weight excluding hydrogens is 492 g/mol. The van der Waals surface area contributed by atoms with Gasteiger partial charge in [0.05, 0.1) is 24.4 Å². The zero-order valence-electron chi connectivity index (χ0n) is 19.3. The molecule has 3 fully saturated rings. The number of fused-ring (bicyclic) bond motifs is 2. The summed E-state index contributed by atoms with van der Waals surface area (Å²) in [4.78, 5) is 17.3. The van der Waals surface area contributed by atoms with Crippen molar-refractivity contribution in [3.05, 3.63) is 65.2 Å². The highest BCUT2D eigenvalue weighted by molar-refractivity contribution is 6.32. The summed E-state index contributed by atoms with van der Waals surface area (Å²) in [5.74, 6) is -1.67. The molecule has 5 heterocycles. The smallest absolute Gasteiger partial charge is 0.251 e. The van der Waals surface area contributed by atoms with Crippen molar-refractivity contribution in [2.24, 2.45) is 12.5 Å². The first-order chi connectivity index (χ1) is 17.2. The number of aliphatic hydroxyl groups excluding tert-OH is 1. The van der Waals surface area contributed by atoms with E-state index in [-0.39, 0.29) is 45.5 Å². The van der Waals surface area contributed by atoms with Crippen LogP contribution in [0, 0.1) is 17.2 Å². The molecule has 186 valence electrons. The largest absolute Gasteiger partial charge is 0.396 e. The van der Waals surface area contributed by atoms with E-state index in [0.29, 0.717) is 24.4 Å². The number of carbonyl (C=O) groups excluding carboxylic acids is 1. The second kappa shape index (κ2) is 8.09. The molecule has 2 aliphatic heterocycles. The number of amides is 1. The van der Waals surface area contributed by atoms with Gasteiger partial charge in [0, 0.05) is 48.1 Å². The lowest BCUT2D eigenvalue weighted by atomic mass is 9.63. The van der Waals surface area contributed by atoms with E-state index < -0.39 is 17.4 Å². The van der Waals surface area contributed by atoms with E-state index in [9.17, 15) is 14.3 Å². The van der Waals surface area contributed by atoms with Gasteiger partial charge < -0.3 is 15.2 Å². The lowest BCUT2D eigenvalue weighted by Gasteiger charge is -2.43. The van der Waals surface area contributed by atoms with Gasteiger partial charge in [0.25, 0.3) is 5.91 Å². The Hall–Kier alpha value is -3.34. The quantitative estimate of drug-likeness (QED) is 0.411. The summed E-state index contributed by atoms with van der Waals surface area (Å²) in [6.07, 6.45) is 4.48. The summed E-state index contributed by atoms with van der Waals surface area (Å²) in [5.41, 5.74) is 0.643. The van der Waals surface area contributed by atoms with Crippen LogP contribution in [-0.4, -0.2) is 55.5 Å². The molecule has 0 spiro atoms. The van der Waals surface area contributed by atoms with Gasteiger partial charge >= 0.3 is 0 Å². The Bertz CT molecular complexity index is 1530.